The van der Waals surface area contributed by atoms with Crippen molar-refractivity contribution in [1.82, 2.24) is 4.31 Å². The van der Waals surface area contributed by atoms with Gasteiger partial charge in [0, 0.05) is 26.4 Å². The minimum atomic E-state index is -3.96. The fourth-order valence-corrected chi connectivity index (χ4v) is 20.0. The number of rotatable bonds is 20. The molecule has 0 bridgehead atoms. The molecule has 0 saturated carbocycles. The SMILES string of the molecule is Cc1ccc(S(=O)(=O)N(CCCCO[Si](c2ccccc2)(c2ccccc2)C(C)(C)C)C(CCO[Si](c2ccccc2)(c2ccccc2)C(C)(C)C)COC2CCCCO2)cc1. The van der Waals surface area contributed by atoms with Crippen LogP contribution in [0.1, 0.15) is 85.6 Å². The smallest absolute Gasteiger partial charge is 0.261 e. The molecule has 332 valence electrons. The lowest BCUT2D eigenvalue weighted by molar-refractivity contribution is -0.169. The second kappa shape index (κ2) is 21.3. The predicted octanol–water partition coefficient (Wildman–Crippen LogP) is 9.22. The van der Waals surface area contributed by atoms with E-state index in [9.17, 15) is 0 Å². The summed E-state index contributed by atoms with van der Waals surface area (Å²) in [4.78, 5) is 0.276. The number of ether oxygens (including phenoxy) is 2. The molecule has 2 atom stereocenters. The van der Waals surface area contributed by atoms with Gasteiger partial charge in [-0.25, -0.2) is 8.42 Å². The molecule has 10 heteroatoms. The van der Waals surface area contributed by atoms with Gasteiger partial charge in [0.1, 0.15) is 0 Å². The molecular weight excluding hydrogens is 823 g/mol. The van der Waals surface area contributed by atoms with Crippen LogP contribution in [0.15, 0.2) is 150 Å². The Morgan fingerprint density at radius 3 is 1.50 bits per heavy atom. The molecule has 0 aliphatic carbocycles. The van der Waals surface area contributed by atoms with E-state index in [0.29, 0.717) is 45.6 Å². The molecule has 1 saturated heterocycles. The van der Waals surface area contributed by atoms with Crippen LogP contribution in [0.25, 0.3) is 0 Å². The van der Waals surface area contributed by atoms with E-state index in [1.54, 1.807) is 16.4 Å². The van der Waals surface area contributed by atoms with Crippen LogP contribution in [0.4, 0.5) is 0 Å². The minimum absolute atomic E-state index is 0.161. The van der Waals surface area contributed by atoms with E-state index >= 15 is 8.42 Å². The monoisotopic (exact) mass is 891 g/mol. The first-order valence-electron chi connectivity index (χ1n) is 22.5. The minimum Gasteiger partial charge on any atom is -0.407 e. The third-order valence-corrected chi connectivity index (χ3v) is 24.4. The third kappa shape index (κ3) is 11.0. The van der Waals surface area contributed by atoms with Gasteiger partial charge in [-0.3, -0.25) is 0 Å². The summed E-state index contributed by atoms with van der Waals surface area (Å²) in [5.74, 6) is 0. The molecule has 5 aromatic carbocycles. The lowest BCUT2D eigenvalue weighted by Gasteiger charge is -2.43. The summed E-state index contributed by atoms with van der Waals surface area (Å²) in [5.41, 5.74) is 1.00. The van der Waals surface area contributed by atoms with Gasteiger partial charge in [0.2, 0.25) is 10.0 Å². The first-order chi connectivity index (χ1) is 29.7. The first-order valence-corrected chi connectivity index (χ1v) is 27.8. The highest BCUT2D eigenvalue weighted by Gasteiger charge is 2.51. The van der Waals surface area contributed by atoms with Gasteiger partial charge in [0.25, 0.3) is 16.6 Å². The van der Waals surface area contributed by atoms with Gasteiger partial charge in [-0.05, 0) is 88.4 Å². The quantitative estimate of drug-likeness (QED) is 0.0574. The second-order valence-corrected chi connectivity index (χ2v) is 29.2. The first kappa shape index (κ1) is 47.8. The highest BCUT2D eigenvalue weighted by Crippen LogP contribution is 2.38. The summed E-state index contributed by atoms with van der Waals surface area (Å²) < 4.78 is 58.9. The Bertz CT molecular complexity index is 2110. The van der Waals surface area contributed by atoms with E-state index < -0.39 is 32.7 Å². The lowest BCUT2D eigenvalue weighted by atomic mass is 10.2. The predicted molar refractivity (Wildman–Crippen MR) is 259 cm³/mol. The summed E-state index contributed by atoms with van der Waals surface area (Å²) in [6, 6.07) is 49.2. The molecule has 0 aromatic heterocycles. The molecular formula is C52H69NO6SSi2. The van der Waals surface area contributed by atoms with E-state index in [1.165, 1.54) is 20.7 Å². The summed E-state index contributed by atoms with van der Waals surface area (Å²) in [6.07, 6.45) is 4.17. The zero-order valence-corrected chi connectivity index (χ0v) is 40.9. The van der Waals surface area contributed by atoms with Crippen molar-refractivity contribution in [3.8, 4) is 0 Å². The number of aryl methyl sites for hydroxylation is 1. The van der Waals surface area contributed by atoms with E-state index in [0.717, 1.165) is 24.8 Å². The number of sulfonamides is 1. The van der Waals surface area contributed by atoms with Crippen molar-refractivity contribution in [3.63, 3.8) is 0 Å². The molecule has 1 fully saturated rings. The van der Waals surface area contributed by atoms with Crippen molar-refractivity contribution in [2.45, 2.75) is 114 Å². The Balaban J connectivity index is 1.31. The molecule has 2 unspecified atom stereocenters. The molecule has 0 amide bonds. The van der Waals surface area contributed by atoms with Crippen LogP contribution in [0, 0.1) is 6.92 Å². The summed E-state index contributed by atoms with van der Waals surface area (Å²) in [6.45, 7) is 17.6. The molecule has 7 nitrogen and oxygen atoms in total. The summed E-state index contributed by atoms with van der Waals surface area (Å²) in [7, 11) is -9.61. The van der Waals surface area contributed by atoms with Crippen LogP contribution in [0.2, 0.25) is 10.1 Å². The molecule has 0 N–H and O–H groups in total. The normalized spacial score (nSPS) is 16.0. The number of unbranched alkanes of at least 4 members (excludes halogenated alkanes) is 1. The van der Waals surface area contributed by atoms with Gasteiger partial charge in [-0.15, -0.1) is 0 Å². The van der Waals surface area contributed by atoms with Crippen LogP contribution in [0.5, 0.6) is 0 Å². The van der Waals surface area contributed by atoms with Crippen molar-refractivity contribution in [2.24, 2.45) is 0 Å². The fraction of sp³-hybridized carbons (Fsp3) is 0.423. The maximum absolute atomic E-state index is 15.0. The summed E-state index contributed by atoms with van der Waals surface area (Å²) >= 11 is 0. The largest absolute Gasteiger partial charge is 0.407 e. The second-order valence-electron chi connectivity index (χ2n) is 18.7. The van der Waals surface area contributed by atoms with Crippen LogP contribution < -0.4 is 20.7 Å². The number of benzene rings is 5. The molecule has 5 aromatic rings. The van der Waals surface area contributed by atoms with Crippen LogP contribution in [0.3, 0.4) is 0 Å². The van der Waals surface area contributed by atoms with Crippen molar-refractivity contribution in [1.29, 1.82) is 0 Å². The maximum atomic E-state index is 15.0. The highest BCUT2D eigenvalue weighted by atomic mass is 32.2. The van der Waals surface area contributed by atoms with Gasteiger partial charge < -0.3 is 18.3 Å². The van der Waals surface area contributed by atoms with Crippen molar-refractivity contribution < 1.29 is 26.7 Å². The fourth-order valence-electron chi connectivity index (χ4n) is 9.18. The van der Waals surface area contributed by atoms with Crippen molar-refractivity contribution in [2.75, 3.05) is 33.0 Å². The van der Waals surface area contributed by atoms with Crippen LogP contribution in [-0.4, -0.2) is 74.7 Å². The molecule has 1 aliphatic rings. The van der Waals surface area contributed by atoms with Gasteiger partial charge >= 0.3 is 0 Å². The van der Waals surface area contributed by atoms with E-state index in [4.69, 9.17) is 18.3 Å². The molecule has 1 aliphatic heterocycles. The molecule has 0 spiro atoms. The average molecular weight is 892 g/mol. The topological polar surface area (TPSA) is 74.3 Å². The van der Waals surface area contributed by atoms with Gasteiger partial charge in [0.15, 0.2) is 6.29 Å². The van der Waals surface area contributed by atoms with Crippen molar-refractivity contribution >= 4 is 47.4 Å². The zero-order valence-electron chi connectivity index (χ0n) is 38.1. The van der Waals surface area contributed by atoms with E-state index in [1.807, 2.05) is 31.2 Å². The molecule has 62 heavy (non-hydrogen) atoms. The zero-order chi connectivity index (χ0) is 44.3. The maximum Gasteiger partial charge on any atom is 0.261 e. The summed E-state index contributed by atoms with van der Waals surface area (Å²) in [5, 5.41) is 4.44. The van der Waals surface area contributed by atoms with Crippen molar-refractivity contribution in [3.05, 3.63) is 151 Å². The Morgan fingerprint density at radius 1 is 0.629 bits per heavy atom. The molecule has 0 radical (unpaired) electrons. The molecule has 6 rings (SSSR count). The van der Waals surface area contributed by atoms with Crippen LogP contribution in [-0.2, 0) is 28.3 Å². The Kier molecular flexibility index (Phi) is 16.4. The Labute approximate surface area is 375 Å². The lowest BCUT2D eigenvalue weighted by Crippen LogP contribution is -2.66. The number of hydrogen-bond acceptors (Lipinski definition) is 6. The number of nitrogens with zero attached hydrogens (tertiary/aromatic N) is 1. The standard InChI is InChI=1S/C52H69NO6SSi2/c1-43-33-35-45(36-34-43)60(54,55)53(38-21-23-40-58-61(51(2,3)4,46-24-12-8-13-25-46)47-26-14-9-15-27-47)44(42-57-50-32-20-22-39-56-50)37-41-59-62(52(5,6)7,48-28-16-10-17-29-48)49-30-18-11-19-31-49/h8-19,24-31,33-36,44,50H,20-23,32,37-42H2,1-7H3. The third-order valence-electron chi connectivity index (χ3n) is 12.3. The average Bonchev–Trinajstić information content (AvgIpc) is 3.27. The Morgan fingerprint density at radius 2 is 1.08 bits per heavy atom. The van der Waals surface area contributed by atoms with E-state index in [2.05, 4.69) is 151 Å². The Hall–Kier alpha value is -3.72. The van der Waals surface area contributed by atoms with E-state index in [-0.39, 0.29) is 27.9 Å². The van der Waals surface area contributed by atoms with Crippen LogP contribution >= 0.6 is 0 Å². The molecule has 1 heterocycles. The van der Waals surface area contributed by atoms with Gasteiger partial charge in [-0.1, -0.05) is 181 Å². The highest BCUT2D eigenvalue weighted by molar-refractivity contribution is 7.89. The number of hydrogen-bond donors (Lipinski definition) is 0. The van der Waals surface area contributed by atoms with Gasteiger partial charge in [-0.2, -0.15) is 4.31 Å². The van der Waals surface area contributed by atoms with Gasteiger partial charge in [0.05, 0.1) is 17.5 Å².